The molecular weight excluding hydrogens is 200 g/mol. The van der Waals surface area contributed by atoms with Gasteiger partial charge in [0.25, 0.3) is 0 Å². The van der Waals surface area contributed by atoms with Crippen molar-refractivity contribution in [2.75, 3.05) is 6.54 Å². The molecule has 96 valence electrons. The average Bonchev–Trinajstić information content (AvgIpc) is 2.14. The number of hydrogen-bond acceptors (Lipinski definition) is 2. The second-order valence-corrected chi connectivity index (χ2v) is 5.88. The first kappa shape index (κ1) is 15.4. The molecule has 0 heterocycles. The van der Waals surface area contributed by atoms with Crippen molar-refractivity contribution in [1.82, 2.24) is 5.32 Å². The van der Waals surface area contributed by atoms with Crippen molar-refractivity contribution in [3.05, 3.63) is 0 Å². The first-order valence-electron chi connectivity index (χ1n) is 6.24. The number of carbonyl (C=O) groups excluding carboxylic acids is 1. The molecule has 0 saturated heterocycles. The van der Waals surface area contributed by atoms with E-state index in [9.17, 15) is 4.79 Å². The van der Waals surface area contributed by atoms with Gasteiger partial charge in [-0.3, -0.25) is 4.79 Å². The van der Waals surface area contributed by atoms with Gasteiger partial charge in [-0.25, -0.2) is 0 Å². The highest BCUT2D eigenvalue weighted by atomic mass is 16.2. The zero-order valence-corrected chi connectivity index (χ0v) is 11.6. The number of nitrogens with one attached hydrogen (secondary N) is 1. The molecule has 3 nitrogen and oxygen atoms in total. The van der Waals surface area contributed by atoms with Crippen molar-refractivity contribution >= 4 is 5.91 Å². The second-order valence-electron chi connectivity index (χ2n) is 5.88. The number of rotatable bonds is 6. The van der Waals surface area contributed by atoms with Crippen molar-refractivity contribution in [3.63, 3.8) is 0 Å². The molecule has 0 spiro atoms. The molecule has 2 unspecified atom stereocenters. The SMILES string of the molecule is CC(C)CC(C)(CN)NC(=O)C(C)C(C)C. The predicted octanol–water partition coefficient (Wildman–Crippen LogP) is 2.16. The molecule has 0 radical (unpaired) electrons. The van der Waals surface area contributed by atoms with E-state index in [1.807, 2.05) is 13.8 Å². The zero-order valence-electron chi connectivity index (χ0n) is 11.6. The predicted molar refractivity (Wildman–Crippen MR) is 69.1 cm³/mol. The highest BCUT2D eigenvalue weighted by Gasteiger charge is 2.28. The van der Waals surface area contributed by atoms with Crippen LogP contribution in [0.5, 0.6) is 0 Å². The molecule has 16 heavy (non-hydrogen) atoms. The molecule has 0 aliphatic carbocycles. The maximum atomic E-state index is 12.0. The van der Waals surface area contributed by atoms with Crippen LogP contribution in [0.3, 0.4) is 0 Å². The smallest absolute Gasteiger partial charge is 0.223 e. The summed E-state index contributed by atoms with van der Waals surface area (Å²) < 4.78 is 0. The summed E-state index contributed by atoms with van der Waals surface area (Å²) in [6.45, 7) is 12.9. The lowest BCUT2D eigenvalue weighted by Crippen LogP contribution is -2.53. The van der Waals surface area contributed by atoms with Gasteiger partial charge in [0.1, 0.15) is 0 Å². The van der Waals surface area contributed by atoms with Crippen LogP contribution < -0.4 is 11.1 Å². The van der Waals surface area contributed by atoms with Gasteiger partial charge in [-0.1, -0.05) is 34.6 Å². The van der Waals surface area contributed by atoms with Crippen molar-refractivity contribution in [1.29, 1.82) is 0 Å². The highest BCUT2D eigenvalue weighted by molar-refractivity contribution is 5.79. The van der Waals surface area contributed by atoms with E-state index in [0.29, 0.717) is 18.4 Å². The minimum Gasteiger partial charge on any atom is -0.349 e. The lowest BCUT2D eigenvalue weighted by atomic mass is 9.89. The van der Waals surface area contributed by atoms with E-state index in [0.717, 1.165) is 6.42 Å². The Balaban J connectivity index is 4.47. The van der Waals surface area contributed by atoms with Crippen LogP contribution in [0.15, 0.2) is 0 Å². The third kappa shape index (κ3) is 4.97. The summed E-state index contributed by atoms with van der Waals surface area (Å²) in [5.41, 5.74) is 5.50. The van der Waals surface area contributed by atoms with Crippen LogP contribution in [0.2, 0.25) is 0 Å². The molecule has 1 amide bonds. The average molecular weight is 228 g/mol. The van der Waals surface area contributed by atoms with Crippen molar-refractivity contribution in [3.8, 4) is 0 Å². The highest BCUT2D eigenvalue weighted by Crippen LogP contribution is 2.17. The molecule has 0 aliphatic heterocycles. The molecule has 0 rings (SSSR count). The fraction of sp³-hybridized carbons (Fsp3) is 0.923. The summed E-state index contributed by atoms with van der Waals surface area (Å²) >= 11 is 0. The summed E-state index contributed by atoms with van der Waals surface area (Å²) in [6.07, 6.45) is 0.917. The summed E-state index contributed by atoms with van der Waals surface area (Å²) in [6, 6.07) is 0. The molecule has 0 aromatic heterocycles. The van der Waals surface area contributed by atoms with Gasteiger partial charge in [-0.2, -0.15) is 0 Å². The summed E-state index contributed by atoms with van der Waals surface area (Å²) in [4.78, 5) is 12.0. The molecule has 0 aliphatic rings. The van der Waals surface area contributed by atoms with Crippen LogP contribution >= 0.6 is 0 Å². The Morgan fingerprint density at radius 3 is 2.06 bits per heavy atom. The van der Waals surface area contributed by atoms with Crippen molar-refractivity contribution in [2.24, 2.45) is 23.5 Å². The van der Waals surface area contributed by atoms with E-state index in [2.05, 4.69) is 33.0 Å². The van der Waals surface area contributed by atoms with Crippen LogP contribution in [0.25, 0.3) is 0 Å². The van der Waals surface area contributed by atoms with Gasteiger partial charge >= 0.3 is 0 Å². The number of amides is 1. The summed E-state index contributed by atoms with van der Waals surface area (Å²) in [7, 11) is 0. The van der Waals surface area contributed by atoms with E-state index in [4.69, 9.17) is 5.73 Å². The van der Waals surface area contributed by atoms with Gasteiger partial charge in [-0.15, -0.1) is 0 Å². The Morgan fingerprint density at radius 1 is 1.25 bits per heavy atom. The summed E-state index contributed by atoms with van der Waals surface area (Å²) in [5, 5.41) is 3.09. The molecule has 3 N–H and O–H groups in total. The number of nitrogens with two attached hydrogens (primary N) is 1. The van der Waals surface area contributed by atoms with Crippen molar-refractivity contribution in [2.45, 2.75) is 53.5 Å². The van der Waals surface area contributed by atoms with Gasteiger partial charge < -0.3 is 11.1 Å². The first-order chi connectivity index (χ1) is 7.22. The Bertz CT molecular complexity index is 226. The second kappa shape index (κ2) is 6.24. The van der Waals surface area contributed by atoms with Gasteiger partial charge in [-0.05, 0) is 25.2 Å². The van der Waals surface area contributed by atoms with Gasteiger partial charge in [0.15, 0.2) is 0 Å². The monoisotopic (exact) mass is 228 g/mol. The van der Waals surface area contributed by atoms with E-state index in [1.165, 1.54) is 0 Å². The van der Waals surface area contributed by atoms with Gasteiger partial charge in [0, 0.05) is 18.0 Å². The Hall–Kier alpha value is -0.570. The summed E-state index contributed by atoms with van der Waals surface area (Å²) in [5.74, 6) is 1.05. The Labute approximate surface area is 100 Å². The molecule has 0 saturated carbocycles. The Kier molecular flexibility index (Phi) is 6.01. The maximum absolute atomic E-state index is 12.0. The molecule has 0 aromatic carbocycles. The normalized spacial score (nSPS) is 17.3. The van der Waals surface area contributed by atoms with E-state index < -0.39 is 0 Å². The van der Waals surface area contributed by atoms with Gasteiger partial charge in [0.05, 0.1) is 0 Å². The van der Waals surface area contributed by atoms with Crippen LogP contribution in [0, 0.1) is 17.8 Å². The number of hydrogen-bond donors (Lipinski definition) is 2. The third-order valence-electron chi connectivity index (χ3n) is 3.15. The van der Waals surface area contributed by atoms with Crippen LogP contribution in [-0.4, -0.2) is 18.0 Å². The quantitative estimate of drug-likeness (QED) is 0.732. The standard InChI is InChI=1S/C13H28N2O/c1-9(2)7-13(6,8-14)15-12(16)11(5)10(3)4/h9-11H,7-8,14H2,1-6H3,(H,15,16). The largest absolute Gasteiger partial charge is 0.349 e. The molecule has 0 aromatic rings. The minimum atomic E-state index is -0.269. The fourth-order valence-corrected chi connectivity index (χ4v) is 1.80. The first-order valence-corrected chi connectivity index (χ1v) is 6.24. The van der Waals surface area contributed by atoms with Gasteiger partial charge in [0.2, 0.25) is 5.91 Å². The zero-order chi connectivity index (χ0) is 12.9. The Morgan fingerprint density at radius 2 is 1.75 bits per heavy atom. The van der Waals surface area contributed by atoms with E-state index in [-0.39, 0.29) is 17.4 Å². The lowest BCUT2D eigenvalue weighted by Gasteiger charge is -2.33. The van der Waals surface area contributed by atoms with Crippen LogP contribution in [0.1, 0.15) is 48.0 Å². The minimum absolute atomic E-state index is 0.0398. The van der Waals surface area contributed by atoms with Crippen LogP contribution in [-0.2, 0) is 4.79 Å². The molecule has 0 fully saturated rings. The maximum Gasteiger partial charge on any atom is 0.223 e. The molecule has 0 bridgehead atoms. The topological polar surface area (TPSA) is 55.1 Å². The number of carbonyl (C=O) groups is 1. The molecular formula is C13H28N2O. The fourth-order valence-electron chi connectivity index (χ4n) is 1.80. The third-order valence-corrected chi connectivity index (χ3v) is 3.15. The van der Waals surface area contributed by atoms with E-state index in [1.54, 1.807) is 0 Å². The molecule has 3 heteroatoms. The molecule has 2 atom stereocenters. The van der Waals surface area contributed by atoms with Crippen molar-refractivity contribution < 1.29 is 4.79 Å². The van der Waals surface area contributed by atoms with E-state index >= 15 is 0 Å². The lowest BCUT2D eigenvalue weighted by molar-refractivity contribution is -0.127. The van der Waals surface area contributed by atoms with Crippen LogP contribution in [0.4, 0.5) is 0 Å².